The summed E-state index contributed by atoms with van der Waals surface area (Å²) >= 11 is 6.05. The lowest BCUT2D eigenvalue weighted by Gasteiger charge is -2.31. The molecule has 1 atom stereocenters. The first kappa shape index (κ1) is 24.3. The first-order chi connectivity index (χ1) is 16.1. The Morgan fingerprint density at radius 1 is 0.879 bits per heavy atom. The monoisotopic (exact) mass is 460 g/mol. The van der Waals surface area contributed by atoms with E-state index in [4.69, 9.17) is 11.6 Å². The van der Waals surface area contributed by atoms with Crippen LogP contribution in [0.15, 0.2) is 97.6 Å². The topological polar surface area (TPSA) is 49.4 Å². The molecule has 1 N–H and O–H groups in total. The molecule has 0 aromatic heterocycles. The highest BCUT2D eigenvalue weighted by atomic mass is 35.5. The van der Waals surface area contributed by atoms with Crippen molar-refractivity contribution >= 4 is 23.4 Å². The first-order valence-corrected chi connectivity index (χ1v) is 11.4. The molecule has 0 fully saturated rings. The average Bonchev–Trinajstić information content (AvgIpc) is 2.85. The van der Waals surface area contributed by atoms with Crippen molar-refractivity contribution in [2.24, 2.45) is 0 Å². The van der Waals surface area contributed by atoms with Crippen LogP contribution in [0.2, 0.25) is 5.02 Å². The molecule has 4 nitrogen and oxygen atoms in total. The van der Waals surface area contributed by atoms with Crippen LogP contribution < -0.4 is 5.32 Å². The molecule has 0 saturated heterocycles. The van der Waals surface area contributed by atoms with Gasteiger partial charge in [-0.1, -0.05) is 90.5 Å². The molecule has 0 aliphatic heterocycles. The summed E-state index contributed by atoms with van der Waals surface area (Å²) in [7, 11) is 0. The van der Waals surface area contributed by atoms with Crippen molar-refractivity contribution in [3.63, 3.8) is 0 Å². The van der Waals surface area contributed by atoms with Crippen molar-refractivity contribution in [3.05, 3.63) is 119 Å². The van der Waals surface area contributed by atoms with Crippen LogP contribution in [-0.2, 0) is 29.0 Å². The Hall–Kier alpha value is -3.37. The van der Waals surface area contributed by atoms with Crippen molar-refractivity contribution in [3.8, 4) is 0 Å². The number of carbonyl (C=O) groups is 2. The Labute approximate surface area is 200 Å². The molecule has 0 spiro atoms. The van der Waals surface area contributed by atoms with Gasteiger partial charge in [0.2, 0.25) is 11.8 Å². The summed E-state index contributed by atoms with van der Waals surface area (Å²) in [6.07, 6.45) is 2.99. The second-order valence-electron chi connectivity index (χ2n) is 7.87. The Bertz CT molecular complexity index is 1040. The van der Waals surface area contributed by atoms with Gasteiger partial charge in [-0.05, 0) is 35.2 Å². The van der Waals surface area contributed by atoms with Crippen LogP contribution >= 0.6 is 11.6 Å². The number of rotatable bonds is 11. The van der Waals surface area contributed by atoms with Gasteiger partial charge in [0.05, 0.1) is 0 Å². The van der Waals surface area contributed by atoms with Gasteiger partial charge in [-0.2, -0.15) is 0 Å². The molecule has 3 rings (SSSR count). The fraction of sp³-hybridized carbons (Fsp3) is 0.214. The van der Waals surface area contributed by atoms with Crippen LogP contribution in [0.1, 0.15) is 23.1 Å². The highest BCUT2D eigenvalue weighted by Crippen LogP contribution is 2.18. The summed E-state index contributed by atoms with van der Waals surface area (Å²) in [5, 5.41) is 3.51. The third kappa shape index (κ3) is 7.62. The molecule has 5 heteroatoms. The third-order valence-electron chi connectivity index (χ3n) is 5.43. The van der Waals surface area contributed by atoms with Gasteiger partial charge in [-0.25, -0.2) is 0 Å². The van der Waals surface area contributed by atoms with Crippen molar-refractivity contribution in [1.29, 1.82) is 0 Å². The lowest BCUT2D eigenvalue weighted by Crippen LogP contribution is -2.50. The van der Waals surface area contributed by atoms with Crippen LogP contribution in [0.4, 0.5) is 0 Å². The van der Waals surface area contributed by atoms with Gasteiger partial charge in [0.15, 0.2) is 0 Å². The Kier molecular flexibility index (Phi) is 9.28. The lowest BCUT2D eigenvalue weighted by atomic mass is 10.0. The van der Waals surface area contributed by atoms with Crippen LogP contribution in [0.25, 0.3) is 0 Å². The Balaban J connectivity index is 1.88. The van der Waals surface area contributed by atoms with Gasteiger partial charge in [0, 0.05) is 31.0 Å². The summed E-state index contributed by atoms with van der Waals surface area (Å²) in [6, 6.07) is 26.4. The normalized spacial score (nSPS) is 11.4. The molecule has 3 aromatic carbocycles. The first-order valence-electron chi connectivity index (χ1n) is 11.1. The number of nitrogens with zero attached hydrogens (tertiary/aromatic N) is 1. The quantitative estimate of drug-likeness (QED) is 0.399. The molecule has 0 aliphatic rings. The molecular weight excluding hydrogens is 432 g/mol. The molecule has 2 amide bonds. The molecule has 170 valence electrons. The lowest BCUT2D eigenvalue weighted by molar-refractivity contribution is -0.141. The molecule has 0 bridgehead atoms. The van der Waals surface area contributed by atoms with E-state index in [-0.39, 0.29) is 11.8 Å². The van der Waals surface area contributed by atoms with Gasteiger partial charge in [-0.3, -0.25) is 9.59 Å². The second kappa shape index (κ2) is 12.6. The van der Waals surface area contributed by atoms with E-state index in [9.17, 15) is 9.59 Å². The van der Waals surface area contributed by atoms with E-state index in [1.54, 1.807) is 23.1 Å². The number of halogens is 1. The van der Waals surface area contributed by atoms with Gasteiger partial charge in [-0.15, -0.1) is 6.58 Å². The van der Waals surface area contributed by atoms with E-state index >= 15 is 0 Å². The van der Waals surface area contributed by atoms with Crippen molar-refractivity contribution in [2.75, 3.05) is 6.54 Å². The Morgan fingerprint density at radius 2 is 1.48 bits per heavy atom. The number of amides is 2. The number of aryl methyl sites for hydroxylation is 1. The summed E-state index contributed by atoms with van der Waals surface area (Å²) in [5.74, 6) is -0.260. The highest BCUT2D eigenvalue weighted by Gasteiger charge is 2.29. The number of nitrogens with one attached hydrogen (secondary N) is 1. The van der Waals surface area contributed by atoms with E-state index in [1.807, 2.05) is 72.8 Å². The zero-order valence-electron chi connectivity index (χ0n) is 18.6. The third-order valence-corrected chi connectivity index (χ3v) is 5.68. The van der Waals surface area contributed by atoms with Crippen molar-refractivity contribution in [1.82, 2.24) is 10.2 Å². The van der Waals surface area contributed by atoms with E-state index in [1.165, 1.54) is 0 Å². The minimum absolute atomic E-state index is 0.0662. The minimum atomic E-state index is -0.647. The minimum Gasteiger partial charge on any atom is -0.351 e. The summed E-state index contributed by atoms with van der Waals surface area (Å²) in [6.45, 7) is 4.35. The molecule has 0 saturated carbocycles. The van der Waals surface area contributed by atoms with E-state index < -0.39 is 6.04 Å². The predicted molar refractivity (Wildman–Crippen MR) is 134 cm³/mol. The zero-order valence-corrected chi connectivity index (χ0v) is 19.4. The number of hydrogen-bond acceptors (Lipinski definition) is 2. The van der Waals surface area contributed by atoms with Crippen LogP contribution in [0, 0.1) is 0 Å². The fourth-order valence-electron chi connectivity index (χ4n) is 3.67. The largest absolute Gasteiger partial charge is 0.351 e. The summed E-state index contributed by atoms with van der Waals surface area (Å²) < 4.78 is 0. The van der Waals surface area contributed by atoms with Crippen LogP contribution in [0.3, 0.4) is 0 Å². The van der Waals surface area contributed by atoms with E-state index in [2.05, 4.69) is 11.9 Å². The van der Waals surface area contributed by atoms with Gasteiger partial charge >= 0.3 is 0 Å². The molecule has 0 unspecified atom stereocenters. The maximum atomic E-state index is 13.5. The fourth-order valence-corrected chi connectivity index (χ4v) is 3.80. The Morgan fingerprint density at radius 3 is 2.09 bits per heavy atom. The predicted octanol–water partition coefficient (Wildman–Crippen LogP) is 5.21. The molecule has 0 heterocycles. The van der Waals surface area contributed by atoms with Crippen LogP contribution in [-0.4, -0.2) is 29.3 Å². The zero-order chi connectivity index (χ0) is 23.5. The number of hydrogen-bond donors (Lipinski definition) is 1. The molecule has 3 aromatic rings. The molecular formula is C28H29ClN2O2. The summed E-state index contributed by atoms with van der Waals surface area (Å²) in [4.78, 5) is 28.4. The maximum Gasteiger partial charge on any atom is 0.243 e. The van der Waals surface area contributed by atoms with E-state index in [0.717, 1.165) is 16.7 Å². The van der Waals surface area contributed by atoms with Gasteiger partial charge in [0.1, 0.15) is 6.04 Å². The highest BCUT2D eigenvalue weighted by molar-refractivity contribution is 6.30. The van der Waals surface area contributed by atoms with Crippen molar-refractivity contribution < 1.29 is 9.59 Å². The number of benzene rings is 3. The maximum absolute atomic E-state index is 13.5. The number of carbonyl (C=O) groups excluding carboxylic acids is 2. The summed E-state index contributed by atoms with van der Waals surface area (Å²) in [5.41, 5.74) is 3.00. The molecule has 33 heavy (non-hydrogen) atoms. The molecule has 0 aliphatic carbocycles. The van der Waals surface area contributed by atoms with Crippen molar-refractivity contribution in [2.45, 2.75) is 31.8 Å². The van der Waals surface area contributed by atoms with Gasteiger partial charge < -0.3 is 10.2 Å². The van der Waals surface area contributed by atoms with E-state index in [0.29, 0.717) is 37.4 Å². The smallest absolute Gasteiger partial charge is 0.243 e. The average molecular weight is 461 g/mol. The molecule has 0 radical (unpaired) electrons. The van der Waals surface area contributed by atoms with Crippen LogP contribution in [0.5, 0.6) is 0 Å². The second-order valence-corrected chi connectivity index (χ2v) is 8.31. The SMILES string of the molecule is C=CCNC(=O)[C@@H](Cc1ccccc1)N(Cc1ccc(Cl)cc1)C(=O)CCc1ccccc1. The standard InChI is InChI=1S/C28H29ClN2O2/c1-2-19-30-28(33)26(20-23-11-7-4-8-12-23)31(21-24-13-16-25(29)17-14-24)27(32)18-15-22-9-5-3-6-10-22/h2-14,16-17,26H,1,15,18-21H2,(H,30,33)/t26-/m1/s1. The van der Waals surface area contributed by atoms with Gasteiger partial charge in [0.25, 0.3) is 0 Å².